The van der Waals surface area contributed by atoms with Crippen LogP contribution in [0.25, 0.3) is 0 Å². The molecule has 3 rings (SSSR count). The molecule has 0 amide bonds. The number of thiophene rings is 1. The number of aromatic carboxylic acids is 1. The van der Waals surface area contributed by atoms with Crippen molar-refractivity contribution in [1.29, 1.82) is 0 Å². The van der Waals surface area contributed by atoms with Gasteiger partial charge >= 0.3 is 5.97 Å². The molecule has 0 saturated carbocycles. The van der Waals surface area contributed by atoms with Crippen molar-refractivity contribution in [2.45, 2.75) is 25.9 Å². The second kappa shape index (κ2) is 5.05. The predicted octanol–water partition coefficient (Wildman–Crippen LogP) is 3.51. The van der Waals surface area contributed by atoms with Gasteiger partial charge in [0.15, 0.2) is 4.88 Å². The second-order valence-electron chi connectivity index (χ2n) is 4.66. The summed E-state index contributed by atoms with van der Waals surface area (Å²) in [7, 11) is 0. The molecule has 1 aliphatic rings. The van der Waals surface area contributed by atoms with Gasteiger partial charge in [-0.3, -0.25) is 0 Å². The minimum atomic E-state index is -0.932. The average Bonchev–Trinajstić information content (AvgIpc) is 3.04. The molecule has 0 saturated heterocycles. The lowest BCUT2D eigenvalue weighted by Gasteiger charge is -2.07. The molecular weight excluding hydrogens is 260 g/mol. The fourth-order valence-corrected chi connectivity index (χ4v) is 3.11. The smallest absolute Gasteiger partial charge is 0.349 e. The Labute approximate surface area is 115 Å². The van der Waals surface area contributed by atoms with E-state index in [2.05, 4.69) is 18.2 Å². The van der Waals surface area contributed by atoms with Crippen LogP contribution < -0.4 is 4.74 Å². The molecule has 1 aromatic heterocycles. The Morgan fingerprint density at radius 3 is 2.95 bits per heavy atom. The number of hydrogen-bond acceptors (Lipinski definition) is 3. The molecule has 0 spiro atoms. The van der Waals surface area contributed by atoms with Crippen LogP contribution in [0.2, 0.25) is 0 Å². The number of carboxylic acids is 1. The third-order valence-electron chi connectivity index (χ3n) is 3.38. The Balaban J connectivity index is 1.72. The lowest BCUT2D eigenvalue weighted by atomic mass is 10.1. The van der Waals surface area contributed by atoms with Gasteiger partial charge < -0.3 is 9.84 Å². The summed E-state index contributed by atoms with van der Waals surface area (Å²) in [6.45, 7) is 0.421. The Morgan fingerprint density at radius 2 is 2.11 bits per heavy atom. The van der Waals surface area contributed by atoms with Crippen LogP contribution in [0.5, 0.6) is 5.75 Å². The Hall–Kier alpha value is -1.81. The molecule has 0 aliphatic heterocycles. The number of hydrogen-bond donors (Lipinski definition) is 1. The van der Waals surface area contributed by atoms with E-state index in [1.807, 2.05) is 0 Å². The van der Waals surface area contributed by atoms with Crippen molar-refractivity contribution in [3.63, 3.8) is 0 Å². The molecule has 0 fully saturated rings. The van der Waals surface area contributed by atoms with Crippen LogP contribution in [0.4, 0.5) is 0 Å². The van der Waals surface area contributed by atoms with Crippen molar-refractivity contribution >= 4 is 17.3 Å². The fourth-order valence-electron chi connectivity index (χ4n) is 2.44. The van der Waals surface area contributed by atoms with Crippen molar-refractivity contribution < 1.29 is 14.6 Å². The number of aryl methyl sites for hydroxylation is 2. The monoisotopic (exact) mass is 274 g/mol. The van der Waals surface area contributed by atoms with Gasteiger partial charge in [-0.2, -0.15) is 0 Å². The van der Waals surface area contributed by atoms with Gasteiger partial charge in [0.2, 0.25) is 0 Å². The van der Waals surface area contributed by atoms with Gasteiger partial charge in [-0.25, -0.2) is 4.79 Å². The lowest BCUT2D eigenvalue weighted by molar-refractivity contribution is 0.0697. The summed E-state index contributed by atoms with van der Waals surface area (Å²) >= 11 is 1.19. The van der Waals surface area contributed by atoms with E-state index in [1.165, 1.54) is 35.3 Å². The van der Waals surface area contributed by atoms with Gasteiger partial charge in [0.05, 0.1) is 0 Å². The van der Waals surface area contributed by atoms with Crippen LogP contribution in [0.3, 0.4) is 0 Å². The highest BCUT2D eigenvalue weighted by atomic mass is 32.1. The maximum Gasteiger partial charge on any atom is 0.349 e. The third kappa shape index (κ3) is 2.49. The number of carboxylic acid groups (broad SMARTS) is 1. The van der Waals surface area contributed by atoms with E-state index in [0.717, 1.165) is 12.0 Å². The highest BCUT2D eigenvalue weighted by Crippen LogP contribution is 2.27. The van der Waals surface area contributed by atoms with E-state index < -0.39 is 5.97 Å². The van der Waals surface area contributed by atoms with Crippen LogP contribution in [0.15, 0.2) is 29.6 Å². The van der Waals surface area contributed by atoms with E-state index in [9.17, 15) is 4.79 Å². The fraction of sp³-hybridized carbons (Fsp3) is 0.267. The SMILES string of the molecule is O=C(O)c1sccc1OCc1ccc2c(c1)CCC2. The van der Waals surface area contributed by atoms with Crippen LogP contribution in [-0.2, 0) is 19.4 Å². The molecule has 3 nitrogen and oxygen atoms in total. The van der Waals surface area contributed by atoms with E-state index in [1.54, 1.807) is 11.4 Å². The first-order chi connectivity index (χ1) is 9.24. The Kier molecular flexibility index (Phi) is 3.25. The van der Waals surface area contributed by atoms with Crippen LogP contribution >= 0.6 is 11.3 Å². The van der Waals surface area contributed by atoms with Crippen LogP contribution in [-0.4, -0.2) is 11.1 Å². The highest BCUT2D eigenvalue weighted by molar-refractivity contribution is 7.12. The minimum Gasteiger partial charge on any atom is -0.487 e. The van der Waals surface area contributed by atoms with E-state index in [-0.39, 0.29) is 4.88 Å². The van der Waals surface area contributed by atoms with E-state index >= 15 is 0 Å². The largest absolute Gasteiger partial charge is 0.487 e. The standard InChI is InChI=1S/C15H14O3S/c16-15(17)14-13(6-7-19-14)18-9-10-4-5-11-2-1-3-12(11)8-10/h4-8H,1-3,9H2,(H,16,17). The summed E-state index contributed by atoms with van der Waals surface area (Å²) in [5.41, 5.74) is 3.94. The second-order valence-corrected chi connectivity index (χ2v) is 5.58. The van der Waals surface area contributed by atoms with Crippen LogP contribution in [0, 0.1) is 0 Å². The van der Waals surface area contributed by atoms with Gasteiger partial charge in [0, 0.05) is 0 Å². The third-order valence-corrected chi connectivity index (χ3v) is 4.26. The molecule has 0 atom stereocenters. The summed E-state index contributed by atoms with van der Waals surface area (Å²) in [6, 6.07) is 8.11. The number of fused-ring (bicyclic) bond motifs is 1. The molecular formula is C15H14O3S. The summed E-state index contributed by atoms with van der Waals surface area (Å²) in [5.74, 6) is -0.475. The number of benzene rings is 1. The number of rotatable bonds is 4. The van der Waals surface area contributed by atoms with Gasteiger partial charge in [0.1, 0.15) is 12.4 Å². The van der Waals surface area contributed by atoms with Gasteiger partial charge in [-0.05, 0) is 47.4 Å². The zero-order chi connectivity index (χ0) is 13.2. The molecule has 1 aliphatic carbocycles. The highest BCUT2D eigenvalue weighted by Gasteiger charge is 2.14. The number of carbonyl (C=O) groups is 1. The first-order valence-corrected chi connectivity index (χ1v) is 7.16. The first-order valence-electron chi connectivity index (χ1n) is 6.28. The molecule has 0 unspecified atom stereocenters. The average molecular weight is 274 g/mol. The van der Waals surface area contributed by atoms with Crippen LogP contribution in [0.1, 0.15) is 32.8 Å². The van der Waals surface area contributed by atoms with Gasteiger partial charge in [-0.15, -0.1) is 11.3 Å². The maximum absolute atomic E-state index is 11.0. The summed E-state index contributed by atoms with van der Waals surface area (Å²) in [5, 5.41) is 10.7. The Bertz CT molecular complexity index is 616. The zero-order valence-electron chi connectivity index (χ0n) is 10.4. The predicted molar refractivity (Wildman–Crippen MR) is 74.1 cm³/mol. The molecule has 1 aromatic carbocycles. The maximum atomic E-state index is 11.0. The lowest BCUT2D eigenvalue weighted by Crippen LogP contribution is -2.00. The first kappa shape index (κ1) is 12.2. The quantitative estimate of drug-likeness (QED) is 0.928. The summed E-state index contributed by atoms with van der Waals surface area (Å²) in [4.78, 5) is 11.2. The van der Waals surface area contributed by atoms with Gasteiger partial charge in [-0.1, -0.05) is 18.2 Å². The van der Waals surface area contributed by atoms with Crippen molar-refractivity contribution in [2.75, 3.05) is 0 Å². The number of ether oxygens (including phenoxy) is 1. The van der Waals surface area contributed by atoms with Crippen molar-refractivity contribution in [1.82, 2.24) is 0 Å². The van der Waals surface area contributed by atoms with E-state index in [0.29, 0.717) is 12.4 Å². The topological polar surface area (TPSA) is 46.5 Å². The zero-order valence-corrected chi connectivity index (χ0v) is 11.2. The molecule has 19 heavy (non-hydrogen) atoms. The molecule has 1 heterocycles. The van der Waals surface area contributed by atoms with Crippen molar-refractivity contribution in [3.05, 3.63) is 51.2 Å². The summed E-state index contributed by atoms with van der Waals surface area (Å²) in [6.07, 6.45) is 3.54. The van der Waals surface area contributed by atoms with Crippen molar-refractivity contribution in [3.8, 4) is 5.75 Å². The van der Waals surface area contributed by atoms with Gasteiger partial charge in [0.25, 0.3) is 0 Å². The molecule has 1 N–H and O–H groups in total. The Morgan fingerprint density at radius 1 is 1.26 bits per heavy atom. The molecule has 2 aromatic rings. The summed E-state index contributed by atoms with van der Waals surface area (Å²) < 4.78 is 5.61. The van der Waals surface area contributed by atoms with Crippen molar-refractivity contribution in [2.24, 2.45) is 0 Å². The van der Waals surface area contributed by atoms with E-state index in [4.69, 9.17) is 9.84 Å². The molecule has 0 radical (unpaired) electrons. The molecule has 0 bridgehead atoms. The minimum absolute atomic E-state index is 0.265. The molecule has 4 heteroatoms. The molecule has 98 valence electrons. The normalized spacial score (nSPS) is 13.3.